The van der Waals surface area contributed by atoms with Crippen LogP contribution in [0.3, 0.4) is 0 Å². The van der Waals surface area contributed by atoms with Crippen LogP contribution in [-0.2, 0) is 0 Å². The monoisotopic (exact) mass is 306 g/mol. The van der Waals surface area contributed by atoms with Gasteiger partial charge in [0.1, 0.15) is 6.33 Å². The normalized spacial score (nSPS) is 10.7. The third-order valence-corrected chi connectivity index (χ3v) is 3.49. The lowest BCUT2D eigenvalue weighted by atomic mass is 10.0. The fourth-order valence-electron chi connectivity index (χ4n) is 1.85. The summed E-state index contributed by atoms with van der Waals surface area (Å²) >= 11 is 11.9. The highest BCUT2D eigenvalue weighted by Gasteiger charge is 2.18. The molecule has 0 amide bonds. The van der Waals surface area contributed by atoms with Gasteiger partial charge in [-0.1, -0.05) is 34.4 Å². The third kappa shape index (κ3) is 2.21. The molecule has 2 heterocycles. The van der Waals surface area contributed by atoms with Crippen LogP contribution >= 0.6 is 23.2 Å². The summed E-state index contributed by atoms with van der Waals surface area (Å²) in [4.78, 5) is 7.90. The zero-order chi connectivity index (χ0) is 14.1. The van der Waals surface area contributed by atoms with Crippen LogP contribution in [0, 0.1) is 0 Å². The quantitative estimate of drug-likeness (QED) is 0.781. The van der Waals surface area contributed by atoms with Gasteiger partial charge in [-0.2, -0.15) is 0 Å². The first-order chi connectivity index (χ1) is 9.66. The summed E-state index contributed by atoms with van der Waals surface area (Å²) in [6, 6.07) is 5.20. The Morgan fingerprint density at radius 3 is 2.45 bits per heavy atom. The van der Waals surface area contributed by atoms with Crippen molar-refractivity contribution in [3.05, 3.63) is 47.0 Å². The molecule has 3 rings (SSSR count). The average molecular weight is 307 g/mol. The smallest absolute Gasteiger partial charge is 0.180 e. The number of halogens is 2. The third-order valence-electron chi connectivity index (χ3n) is 2.75. The number of nitrogens with two attached hydrogens (primary N) is 1. The van der Waals surface area contributed by atoms with Crippen molar-refractivity contribution in [1.82, 2.24) is 15.1 Å². The molecule has 0 aliphatic carbocycles. The highest BCUT2D eigenvalue weighted by molar-refractivity contribution is 6.42. The van der Waals surface area contributed by atoms with Crippen LogP contribution in [-0.4, -0.2) is 15.1 Å². The second kappa shape index (κ2) is 5.11. The van der Waals surface area contributed by atoms with Gasteiger partial charge in [0.25, 0.3) is 0 Å². The molecule has 0 aliphatic rings. The van der Waals surface area contributed by atoms with E-state index in [1.54, 1.807) is 30.6 Å². The number of benzene rings is 1. The molecule has 2 aromatic heterocycles. The molecule has 20 heavy (non-hydrogen) atoms. The molecule has 7 heteroatoms. The van der Waals surface area contributed by atoms with Crippen LogP contribution in [0.15, 0.2) is 41.4 Å². The maximum Gasteiger partial charge on any atom is 0.180 e. The van der Waals surface area contributed by atoms with Crippen molar-refractivity contribution in [1.29, 1.82) is 0 Å². The minimum atomic E-state index is 0.266. The van der Waals surface area contributed by atoms with Crippen LogP contribution in [0.5, 0.6) is 0 Å². The predicted octanol–water partition coefficient (Wildman–Crippen LogP) is 3.69. The van der Waals surface area contributed by atoms with Gasteiger partial charge in [-0.3, -0.25) is 0 Å². The summed E-state index contributed by atoms with van der Waals surface area (Å²) in [7, 11) is 0. The second-order valence-electron chi connectivity index (χ2n) is 4.03. The predicted molar refractivity (Wildman–Crippen MR) is 77.4 cm³/mol. The van der Waals surface area contributed by atoms with Crippen molar-refractivity contribution in [3.63, 3.8) is 0 Å². The van der Waals surface area contributed by atoms with E-state index in [9.17, 15) is 0 Å². The molecule has 0 bridgehead atoms. The number of anilines is 1. The van der Waals surface area contributed by atoms with Crippen molar-refractivity contribution in [2.75, 3.05) is 5.73 Å². The molecular weight excluding hydrogens is 299 g/mol. The first-order valence-electron chi connectivity index (χ1n) is 5.63. The van der Waals surface area contributed by atoms with E-state index in [1.165, 1.54) is 6.33 Å². The molecule has 3 aromatic rings. The molecule has 0 atom stereocenters. The van der Waals surface area contributed by atoms with Crippen molar-refractivity contribution in [2.24, 2.45) is 0 Å². The number of rotatable bonds is 2. The minimum Gasteiger partial charge on any atom is -0.380 e. The second-order valence-corrected chi connectivity index (χ2v) is 4.84. The fraction of sp³-hybridized carbons (Fsp3) is 0. The van der Waals surface area contributed by atoms with Gasteiger partial charge >= 0.3 is 0 Å². The van der Waals surface area contributed by atoms with Crippen LogP contribution in [0.2, 0.25) is 10.0 Å². The lowest BCUT2D eigenvalue weighted by Gasteiger charge is -2.04. The highest BCUT2D eigenvalue weighted by Crippen LogP contribution is 2.38. The Morgan fingerprint density at radius 2 is 1.75 bits per heavy atom. The topological polar surface area (TPSA) is 77.8 Å². The molecule has 2 N–H and O–H groups in total. The van der Waals surface area contributed by atoms with Crippen molar-refractivity contribution < 1.29 is 4.52 Å². The van der Waals surface area contributed by atoms with E-state index in [0.717, 1.165) is 5.56 Å². The maximum atomic E-state index is 6.03. The van der Waals surface area contributed by atoms with Gasteiger partial charge in [-0.05, 0) is 17.7 Å². The number of nitrogens with zero attached hydrogens (tertiary/aromatic N) is 3. The SMILES string of the molecule is Nc1noc(-c2cncnc2)c1-c1ccc(Cl)c(Cl)c1. The molecule has 5 nitrogen and oxygen atoms in total. The van der Waals surface area contributed by atoms with E-state index in [0.29, 0.717) is 26.9 Å². The Morgan fingerprint density at radius 1 is 1.00 bits per heavy atom. The van der Waals surface area contributed by atoms with Crippen molar-refractivity contribution >= 4 is 29.0 Å². The molecule has 1 aromatic carbocycles. The Hall–Kier alpha value is -2.11. The number of aromatic nitrogens is 3. The van der Waals surface area contributed by atoms with E-state index >= 15 is 0 Å². The standard InChI is InChI=1S/C13H8Cl2N4O/c14-9-2-1-7(3-10(9)15)11-12(20-19-13(11)16)8-4-17-6-18-5-8/h1-6H,(H2,16,19). The molecule has 0 saturated heterocycles. The van der Waals surface area contributed by atoms with E-state index in [4.69, 9.17) is 33.5 Å². The van der Waals surface area contributed by atoms with Gasteiger partial charge in [0, 0.05) is 12.4 Å². The average Bonchev–Trinajstić information content (AvgIpc) is 2.85. The highest BCUT2D eigenvalue weighted by atomic mass is 35.5. The van der Waals surface area contributed by atoms with Gasteiger partial charge in [-0.15, -0.1) is 0 Å². The van der Waals surface area contributed by atoms with Gasteiger partial charge < -0.3 is 10.3 Å². The van der Waals surface area contributed by atoms with E-state index < -0.39 is 0 Å². The summed E-state index contributed by atoms with van der Waals surface area (Å²) in [6.07, 6.45) is 4.67. The number of nitrogen functional groups attached to an aromatic ring is 1. The largest absolute Gasteiger partial charge is 0.380 e. The zero-order valence-electron chi connectivity index (χ0n) is 10.0. The molecule has 0 aliphatic heterocycles. The molecular formula is C13H8Cl2N4O. The summed E-state index contributed by atoms with van der Waals surface area (Å²) < 4.78 is 5.27. The van der Waals surface area contributed by atoms with E-state index in [2.05, 4.69) is 15.1 Å². The Bertz CT molecular complexity index is 758. The molecule has 0 fully saturated rings. The lowest BCUT2D eigenvalue weighted by Crippen LogP contribution is -1.89. The Kier molecular flexibility index (Phi) is 3.30. The van der Waals surface area contributed by atoms with Crippen molar-refractivity contribution in [2.45, 2.75) is 0 Å². The van der Waals surface area contributed by atoms with Crippen LogP contribution in [0.25, 0.3) is 22.5 Å². The molecule has 0 radical (unpaired) electrons. The molecule has 0 unspecified atom stereocenters. The lowest BCUT2D eigenvalue weighted by molar-refractivity contribution is 0.436. The Labute approximate surface area is 124 Å². The number of hydrogen-bond donors (Lipinski definition) is 1. The summed E-state index contributed by atoms with van der Waals surface area (Å²) in [6.45, 7) is 0. The first kappa shape index (κ1) is 12.9. The van der Waals surface area contributed by atoms with E-state index in [-0.39, 0.29) is 5.82 Å². The van der Waals surface area contributed by atoms with Gasteiger partial charge in [0.15, 0.2) is 11.6 Å². The van der Waals surface area contributed by atoms with Crippen LogP contribution < -0.4 is 5.73 Å². The van der Waals surface area contributed by atoms with Crippen molar-refractivity contribution in [3.8, 4) is 22.5 Å². The number of hydrogen-bond acceptors (Lipinski definition) is 5. The van der Waals surface area contributed by atoms with Gasteiger partial charge in [0.05, 0.1) is 21.2 Å². The van der Waals surface area contributed by atoms with E-state index in [1.807, 2.05) is 0 Å². The zero-order valence-corrected chi connectivity index (χ0v) is 11.6. The molecule has 0 spiro atoms. The van der Waals surface area contributed by atoms with Crippen LogP contribution in [0.4, 0.5) is 5.82 Å². The molecule has 100 valence electrons. The summed E-state index contributed by atoms with van der Waals surface area (Å²) in [5.74, 6) is 0.753. The molecule has 0 saturated carbocycles. The minimum absolute atomic E-state index is 0.266. The first-order valence-corrected chi connectivity index (χ1v) is 6.38. The van der Waals surface area contributed by atoms with Gasteiger partial charge in [0.2, 0.25) is 0 Å². The summed E-state index contributed by atoms with van der Waals surface area (Å²) in [5, 5.41) is 4.69. The van der Waals surface area contributed by atoms with Gasteiger partial charge in [-0.25, -0.2) is 9.97 Å². The van der Waals surface area contributed by atoms with Crippen LogP contribution in [0.1, 0.15) is 0 Å². The Balaban J connectivity index is 2.19. The fourth-order valence-corrected chi connectivity index (χ4v) is 2.14. The summed E-state index contributed by atoms with van der Waals surface area (Å²) in [5.41, 5.74) is 7.95. The maximum absolute atomic E-state index is 6.03.